The number of para-hydroxylation sites is 2. The standard InChI is InChI=1S/C16H19N3O3S/c1-22-12-7-3-2-6-11(12)17-14(20)10-13-15(21)18-16(23-13)19-8-4-5-9-19/h2-3,6-7,13H,4-5,8-10H2,1H3,(H,17,20)/t13-/m0/s1. The van der Waals surface area contributed by atoms with E-state index in [1.807, 2.05) is 12.1 Å². The molecule has 6 nitrogen and oxygen atoms in total. The number of hydrogen-bond acceptors (Lipinski definition) is 5. The number of anilines is 1. The van der Waals surface area contributed by atoms with Gasteiger partial charge in [0.15, 0.2) is 5.17 Å². The van der Waals surface area contributed by atoms with Crippen molar-refractivity contribution in [1.82, 2.24) is 4.90 Å². The van der Waals surface area contributed by atoms with E-state index in [9.17, 15) is 9.59 Å². The van der Waals surface area contributed by atoms with Gasteiger partial charge in [-0.1, -0.05) is 23.9 Å². The molecule has 1 aromatic rings. The minimum absolute atomic E-state index is 0.113. The van der Waals surface area contributed by atoms with Crippen molar-refractivity contribution in [2.24, 2.45) is 4.99 Å². The number of carbonyl (C=O) groups excluding carboxylic acids is 2. The molecule has 122 valence electrons. The van der Waals surface area contributed by atoms with Crippen molar-refractivity contribution < 1.29 is 14.3 Å². The summed E-state index contributed by atoms with van der Waals surface area (Å²) in [6.07, 6.45) is 2.38. The summed E-state index contributed by atoms with van der Waals surface area (Å²) in [5.74, 6) is 0.172. The summed E-state index contributed by atoms with van der Waals surface area (Å²) in [5, 5.41) is 3.14. The maximum atomic E-state index is 12.2. The zero-order valence-corrected chi connectivity index (χ0v) is 13.8. The number of aliphatic imine (C=N–C) groups is 1. The highest BCUT2D eigenvalue weighted by atomic mass is 32.2. The van der Waals surface area contributed by atoms with E-state index in [0.717, 1.165) is 31.1 Å². The first kappa shape index (κ1) is 15.9. The molecule has 23 heavy (non-hydrogen) atoms. The normalized spacial score (nSPS) is 20.6. The number of thioether (sulfide) groups is 1. The average Bonchev–Trinajstić information content (AvgIpc) is 3.18. The Hall–Kier alpha value is -2.02. The number of hydrogen-bond donors (Lipinski definition) is 1. The topological polar surface area (TPSA) is 71.0 Å². The SMILES string of the molecule is COc1ccccc1NC(=O)C[C@@H]1SC(N2CCCC2)=NC1=O. The van der Waals surface area contributed by atoms with Crippen LogP contribution in [0.3, 0.4) is 0 Å². The highest BCUT2D eigenvalue weighted by Gasteiger charge is 2.33. The van der Waals surface area contributed by atoms with E-state index < -0.39 is 5.25 Å². The van der Waals surface area contributed by atoms with Crippen LogP contribution in [0.4, 0.5) is 5.69 Å². The molecule has 2 aliphatic heterocycles. The summed E-state index contributed by atoms with van der Waals surface area (Å²) in [6.45, 7) is 1.89. The molecule has 1 fully saturated rings. The molecular formula is C16H19N3O3S. The molecule has 2 heterocycles. The van der Waals surface area contributed by atoms with Gasteiger partial charge in [0.25, 0.3) is 5.91 Å². The van der Waals surface area contributed by atoms with Crippen molar-refractivity contribution in [3.63, 3.8) is 0 Å². The average molecular weight is 333 g/mol. The molecule has 2 aliphatic rings. The summed E-state index contributed by atoms with van der Waals surface area (Å²) in [6, 6.07) is 7.20. The zero-order valence-electron chi connectivity index (χ0n) is 12.9. The summed E-state index contributed by atoms with van der Waals surface area (Å²) in [5.41, 5.74) is 0.608. The fourth-order valence-corrected chi connectivity index (χ4v) is 3.79. The third kappa shape index (κ3) is 3.67. The number of carbonyl (C=O) groups is 2. The van der Waals surface area contributed by atoms with Crippen LogP contribution >= 0.6 is 11.8 Å². The Bertz CT molecular complexity index is 641. The van der Waals surface area contributed by atoms with Crippen molar-refractivity contribution in [2.75, 3.05) is 25.5 Å². The molecule has 1 atom stereocenters. The van der Waals surface area contributed by atoms with E-state index in [4.69, 9.17) is 4.74 Å². The Kier molecular flexibility index (Phi) is 4.85. The van der Waals surface area contributed by atoms with Gasteiger partial charge < -0.3 is 15.0 Å². The minimum atomic E-state index is -0.430. The van der Waals surface area contributed by atoms with Gasteiger partial charge in [0.2, 0.25) is 5.91 Å². The molecule has 0 radical (unpaired) electrons. The van der Waals surface area contributed by atoms with Gasteiger partial charge in [0, 0.05) is 19.5 Å². The largest absolute Gasteiger partial charge is 0.495 e. The molecule has 1 N–H and O–H groups in total. The molecule has 3 rings (SSSR count). The molecule has 0 aromatic heterocycles. The monoisotopic (exact) mass is 333 g/mol. The molecule has 0 saturated carbocycles. The number of nitrogens with one attached hydrogen (secondary N) is 1. The number of nitrogens with zero attached hydrogens (tertiary/aromatic N) is 2. The van der Waals surface area contributed by atoms with Crippen molar-refractivity contribution in [2.45, 2.75) is 24.5 Å². The lowest BCUT2D eigenvalue weighted by Gasteiger charge is -2.16. The van der Waals surface area contributed by atoms with Crippen LogP contribution in [0.25, 0.3) is 0 Å². The van der Waals surface area contributed by atoms with E-state index in [1.54, 1.807) is 19.2 Å². The Labute approximate surface area is 139 Å². The Morgan fingerprint density at radius 1 is 1.39 bits per heavy atom. The summed E-state index contributed by atoms with van der Waals surface area (Å²) >= 11 is 1.40. The number of amidine groups is 1. The molecule has 0 unspecified atom stereocenters. The van der Waals surface area contributed by atoms with Crippen LogP contribution in [0.15, 0.2) is 29.3 Å². The number of likely N-dealkylation sites (tertiary alicyclic amines) is 1. The molecule has 7 heteroatoms. The second-order valence-electron chi connectivity index (χ2n) is 5.49. The van der Waals surface area contributed by atoms with Crippen LogP contribution < -0.4 is 10.1 Å². The van der Waals surface area contributed by atoms with E-state index >= 15 is 0 Å². The van der Waals surface area contributed by atoms with E-state index in [-0.39, 0.29) is 18.2 Å². The zero-order chi connectivity index (χ0) is 16.2. The second kappa shape index (κ2) is 7.04. The fourth-order valence-electron chi connectivity index (χ4n) is 2.67. The smallest absolute Gasteiger partial charge is 0.262 e. The lowest BCUT2D eigenvalue weighted by atomic mass is 10.2. The Morgan fingerprint density at radius 2 is 2.13 bits per heavy atom. The lowest BCUT2D eigenvalue weighted by Crippen LogP contribution is -2.25. The van der Waals surface area contributed by atoms with Crippen molar-refractivity contribution in [3.05, 3.63) is 24.3 Å². The third-order valence-corrected chi connectivity index (χ3v) is 5.07. The van der Waals surface area contributed by atoms with Crippen LogP contribution in [0.1, 0.15) is 19.3 Å². The highest BCUT2D eigenvalue weighted by Crippen LogP contribution is 2.30. The van der Waals surface area contributed by atoms with Gasteiger partial charge in [-0.15, -0.1) is 0 Å². The molecule has 0 bridgehead atoms. The van der Waals surface area contributed by atoms with E-state index in [1.165, 1.54) is 11.8 Å². The first-order valence-corrected chi connectivity index (χ1v) is 8.52. The van der Waals surface area contributed by atoms with Gasteiger partial charge in [0.05, 0.1) is 12.8 Å². The first-order chi connectivity index (χ1) is 11.2. The predicted molar refractivity (Wildman–Crippen MR) is 90.9 cm³/mol. The van der Waals surface area contributed by atoms with Gasteiger partial charge >= 0.3 is 0 Å². The number of benzene rings is 1. The molecule has 0 aliphatic carbocycles. The van der Waals surface area contributed by atoms with Gasteiger partial charge in [-0.3, -0.25) is 9.59 Å². The lowest BCUT2D eigenvalue weighted by molar-refractivity contribution is -0.121. The van der Waals surface area contributed by atoms with Crippen LogP contribution in [0.5, 0.6) is 5.75 Å². The first-order valence-electron chi connectivity index (χ1n) is 7.64. The van der Waals surface area contributed by atoms with Crippen LogP contribution in [-0.4, -0.2) is 47.3 Å². The van der Waals surface area contributed by atoms with Crippen molar-refractivity contribution in [1.29, 1.82) is 0 Å². The Balaban J connectivity index is 1.57. The van der Waals surface area contributed by atoms with Gasteiger partial charge in [0.1, 0.15) is 11.0 Å². The predicted octanol–water partition coefficient (Wildman–Crippen LogP) is 2.12. The number of rotatable bonds is 4. The fraction of sp³-hybridized carbons (Fsp3) is 0.438. The quantitative estimate of drug-likeness (QED) is 0.914. The Morgan fingerprint density at radius 3 is 2.87 bits per heavy atom. The molecule has 1 saturated heterocycles. The maximum Gasteiger partial charge on any atom is 0.262 e. The van der Waals surface area contributed by atoms with Gasteiger partial charge in [-0.25, -0.2) is 0 Å². The molecule has 2 amide bonds. The number of amides is 2. The van der Waals surface area contributed by atoms with Gasteiger partial charge in [-0.2, -0.15) is 4.99 Å². The van der Waals surface area contributed by atoms with E-state index in [2.05, 4.69) is 15.2 Å². The van der Waals surface area contributed by atoms with Crippen molar-refractivity contribution >= 4 is 34.4 Å². The summed E-state index contributed by atoms with van der Waals surface area (Å²) in [4.78, 5) is 30.5. The number of ether oxygens (including phenoxy) is 1. The maximum absolute atomic E-state index is 12.2. The van der Waals surface area contributed by atoms with Crippen LogP contribution in [0.2, 0.25) is 0 Å². The van der Waals surface area contributed by atoms with Crippen LogP contribution in [-0.2, 0) is 9.59 Å². The third-order valence-electron chi connectivity index (χ3n) is 3.86. The molecule has 0 spiro atoms. The molecule has 1 aromatic carbocycles. The van der Waals surface area contributed by atoms with Crippen molar-refractivity contribution in [3.8, 4) is 5.75 Å². The summed E-state index contributed by atoms with van der Waals surface area (Å²) < 4.78 is 5.21. The van der Waals surface area contributed by atoms with Gasteiger partial charge in [-0.05, 0) is 25.0 Å². The van der Waals surface area contributed by atoms with Crippen LogP contribution in [0, 0.1) is 0 Å². The number of methoxy groups -OCH3 is 1. The minimum Gasteiger partial charge on any atom is -0.495 e. The second-order valence-corrected chi connectivity index (χ2v) is 6.66. The summed E-state index contributed by atoms with van der Waals surface area (Å²) in [7, 11) is 1.55. The van der Waals surface area contributed by atoms with E-state index in [0.29, 0.717) is 11.4 Å². The molecular weight excluding hydrogens is 314 g/mol. The highest BCUT2D eigenvalue weighted by molar-refractivity contribution is 8.15.